The molecule has 0 atom stereocenters. The Labute approximate surface area is 101 Å². The van der Waals surface area contributed by atoms with Gasteiger partial charge in [-0.05, 0) is 37.6 Å². The maximum Gasteiger partial charge on any atom is 0.185 e. The lowest BCUT2D eigenvalue weighted by atomic mass is 10.1. The van der Waals surface area contributed by atoms with Gasteiger partial charge in [-0.15, -0.1) is 0 Å². The van der Waals surface area contributed by atoms with Crippen LogP contribution in [-0.4, -0.2) is 24.8 Å². The van der Waals surface area contributed by atoms with Gasteiger partial charge in [0, 0.05) is 24.3 Å². The number of rotatable bonds is 5. The van der Waals surface area contributed by atoms with Gasteiger partial charge < -0.3 is 16.4 Å². The summed E-state index contributed by atoms with van der Waals surface area (Å²) in [5.74, 6) is 0.0355. The predicted octanol–water partition coefficient (Wildman–Crippen LogP) is 1.09. The number of carbonyl (C=O) groups is 1. The zero-order valence-corrected chi connectivity index (χ0v) is 10.1. The minimum atomic E-state index is -0.0320. The van der Waals surface area contributed by atoms with Gasteiger partial charge in [-0.25, -0.2) is 0 Å². The number of nitrogens with one attached hydrogen (secondary N) is 3. The summed E-state index contributed by atoms with van der Waals surface area (Å²) in [6, 6.07) is 5.55. The minimum absolute atomic E-state index is 0.0320. The van der Waals surface area contributed by atoms with Crippen molar-refractivity contribution in [1.82, 2.24) is 5.32 Å². The van der Waals surface area contributed by atoms with Crippen molar-refractivity contribution < 1.29 is 4.79 Å². The van der Waals surface area contributed by atoms with Gasteiger partial charge in [-0.1, -0.05) is 0 Å². The summed E-state index contributed by atoms with van der Waals surface area (Å²) in [6.07, 6.45) is 0. The first-order valence-electron chi connectivity index (χ1n) is 5.44. The van der Waals surface area contributed by atoms with Crippen molar-refractivity contribution in [2.45, 2.75) is 13.8 Å². The SMILES string of the molecule is CC(=O)c1ccc(NCCNC(=N)N)c(C)c1. The van der Waals surface area contributed by atoms with E-state index in [-0.39, 0.29) is 11.7 Å². The largest absolute Gasteiger partial charge is 0.383 e. The number of nitrogens with two attached hydrogens (primary N) is 1. The number of hydrogen-bond acceptors (Lipinski definition) is 3. The van der Waals surface area contributed by atoms with Crippen LogP contribution in [0.3, 0.4) is 0 Å². The van der Waals surface area contributed by atoms with Gasteiger partial charge in [-0.3, -0.25) is 10.2 Å². The number of ketones is 1. The molecule has 0 radical (unpaired) electrons. The van der Waals surface area contributed by atoms with E-state index in [0.717, 1.165) is 16.8 Å². The molecule has 0 aromatic heterocycles. The van der Waals surface area contributed by atoms with Gasteiger partial charge in [0.25, 0.3) is 0 Å². The summed E-state index contributed by atoms with van der Waals surface area (Å²) < 4.78 is 0. The Morgan fingerprint density at radius 1 is 1.41 bits per heavy atom. The molecular weight excluding hydrogens is 216 g/mol. The molecule has 0 saturated carbocycles. The smallest absolute Gasteiger partial charge is 0.185 e. The molecule has 5 nitrogen and oxygen atoms in total. The molecule has 0 amide bonds. The zero-order chi connectivity index (χ0) is 12.8. The van der Waals surface area contributed by atoms with Crippen LogP contribution in [0.15, 0.2) is 18.2 Å². The third kappa shape index (κ3) is 4.14. The predicted molar refractivity (Wildman–Crippen MR) is 69.6 cm³/mol. The molecule has 0 spiro atoms. The van der Waals surface area contributed by atoms with E-state index in [1.807, 2.05) is 19.1 Å². The number of aryl methyl sites for hydroxylation is 1. The van der Waals surface area contributed by atoms with E-state index in [9.17, 15) is 4.79 Å². The third-order valence-corrected chi connectivity index (χ3v) is 2.39. The van der Waals surface area contributed by atoms with Crippen LogP contribution < -0.4 is 16.4 Å². The minimum Gasteiger partial charge on any atom is -0.383 e. The average Bonchev–Trinajstić information content (AvgIpc) is 2.25. The van der Waals surface area contributed by atoms with Crippen molar-refractivity contribution in [2.75, 3.05) is 18.4 Å². The fourth-order valence-corrected chi connectivity index (χ4v) is 1.48. The Bertz CT molecular complexity index is 429. The number of guanidine groups is 1. The van der Waals surface area contributed by atoms with Crippen LogP contribution in [0.4, 0.5) is 5.69 Å². The van der Waals surface area contributed by atoms with Crippen molar-refractivity contribution >= 4 is 17.4 Å². The lowest BCUT2D eigenvalue weighted by Crippen LogP contribution is -2.33. The number of carbonyl (C=O) groups excluding carboxylic acids is 1. The lowest BCUT2D eigenvalue weighted by Gasteiger charge is -2.11. The molecule has 0 aliphatic carbocycles. The van der Waals surface area contributed by atoms with E-state index < -0.39 is 0 Å². The standard InChI is InChI=1S/C12H18N4O/c1-8-7-10(9(2)17)3-4-11(8)15-5-6-16-12(13)14/h3-4,7,15H,5-6H2,1-2H3,(H4,13,14,16). The van der Waals surface area contributed by atoms with Crippen molar-refractivity contribution in [3.05, 3.63) is 29.3 Å². The molecule has 0 aliphatic rings. The van der Waals surface area contributed by atoms with E-state index >= 15 is 0 Å². The zero-order valence-electron chi connectivity index (χ0n) is 10.1. The highest BCUT2D eigenvalue weighted by Crippen LogP contribution is 2.16. The van der Waals surface area contributed by atoms with E-state index in [4.69, 9.17) is 11.1 Å². The molecule has 0 aliphatic heterocycles. The molecule has 0 saturated heterocycles. The molecule has 0 unspecified atom stereocenters. The maximum absolute atomic E-state index is 11.2. The van der Waals surface area contributed by atoms with Crippen molar-refractivity contribution in [1.29, 1.82) is 5.41 Å². The van der Waals surface area contributed by atoms with Gasteiger partial charge >= 0.3 is 0 Å². The van der Waals surface area contributed by atoms with Gasteiger partial charge in [0.05, 0.1) is 0 Å². The number of Topliss-reactive ketones (excluding diaryl/α,β-unsaturated/α-hetero) is 1. The van der Waals surface area contributed by atoms with Crippen LogP contribution in [0.1, 0.15) is 22.8 Å². The van der Waals surface area contributed by atoms with Gasteiger partial charge in [0.2, 0.25) is 0 Å². The van der Waals surface area contributed by atoms with Gasteiger partial charge in [0.15, 0.2) is 11.7 Å². The Morgan fingerprint density at radius 2 is 2.12 bits per heavy atom. The van der Waals surface area contributed by atoms with E-state index in [2.05, 4.69) is 10.6 Å². The Balaban J connectivity index is 2.54. The Hall–Kier alpha value is -2.04. The molecule has 0 bridgehead atoms. The summed E-state index contributed by atoms with van der Waals surface area (Å²) >= 11 is 0. The average molecular weight is 234 g/mol. The summed E-state index contributed by atoms with van der Waals surface area (Å²) in [6.45, 7) is 4.76. The van der Waals surface area contributed by atoms with Crippen molar-refractivity contribution in [3.63, 3.8) is 0 Å². The van der Waals surface area contributed by atoms with E-state index in [1.165, 1.54) is 0 Å². The fourth-order valence-electron chi connectivity index (χ4n) is 1.48. The Kier molecular flexibility index (Phi) is 4.51. The van der Waals surface area contributed by atoms with Crippen molar-refractivity contribution in [2.24, 2.45) is 5.73 Å². The van der Waals surface area contributed by atoms with Gasteiger partial charge in [-0.2, -0.15) is 0 Å². The molecule has 5 heteroatoms. The second kappa shape index (κ2) is 5.89. The first-order valence-corrected chi connectivity index (χ1v) is 5.44. The van der Waals surface area contributed by atoms with Crippen molar-refractivity contribution in [3.8, 4) is 0 Å². The summed E-state index contributed by atoms with van der Waals surface area (Å²) in [5.41, 5.74) is 7.89. The number of anilines is 1. The molecule has 1 rings (SSSR count). The van der Waals surface area contributed by atoms with Crippen LogP contribution in [-0.2, 0) is 0 Å². The number of benzene rings is 1. The van der Waals surface area contributed by atoms with E-state index in [0.29, 0.717) is 13.1 Å². The second-order valence-corrected chi connectivity index (χ2v) is 3.85. The molecule has 0 fully saturated rings. The quantitative estimate of drug-likeness (QED) is 0.266. The molecule has 0 heterocycles. The first kappa shape index (κ1) is 13.0. The second-order valence-electron chi connectivity index (χ2n) is 3.85. The molecular formula is C12H18N4O. The van der Waals surface area contributed by atoms with Crippen LogP contribution in [0.5, 0.6) is 0 Å². The first-order chi connectivity index (χ1) is 8.00. The molecule has 92 valence electrons. The van der Waals surface area contributed by atoms with Crippen LogP contribution >= 0.6 is 0 Å². The summed E-state index contributed by atoms with van der Waals surface area (Å²) in [7, 11) is 0. The molecule has 17 heavy (non-hydrogen) atoms. The summed E-state index contributed by atoms with van der Waals surface area (Å²) in [4.78, 5) is 11.2. The highest BCUT2D eigenvalue weighted by molar-refractivity contribution is 5.94. The molecule has 5 N–H and O–H groups in total. The lowest BCUT2D eigenvalue weighted by molar-refractivity contribution is 0.101. The summed E-state index contributed by atoms with van der Waals surface area (Å²) in [5, 5.41) is 12.9. The normalized spacial score (nSPS) is 9.76. The monoisotopic (exact) mass is 234 g/mol. The van der Waals surface area contributed by atoms with Crippen LogP contribution in [0.25, 0.3) is 0 Å². The highest BCUT2D eigenvalue weighted by atomic mass is 16.1. The van der Waals surface area contributed by atoms with Crippen LogP contribution in [0.2, 0.25) is 0 Å². The maximum atomic E-state index is 11.2. The Morgan fingerprint density at radius 3 is 2.65 bits per heavy atom. The molecule has 1 aromatic carbocycles. The van der Waals surface area contributed by atoms with E-state index in [1.54, 1.807) is 13.0 Å². The van der Waals surface area contributed by atoms with Gasteiger partial charge in [0.1, 0.15) is 0 Å². The highest BCUT2D eigenvalue weighted by Gasteiger charge is 2.02. The topological polar surface area (TPSA) is 91.0 Å². The van der Waals surface area contributed by atoms with Crippen LogP contribution in [0, 0.1) is 12.3 Å². The number of hydrogen-bond donors (Lipinski definition) is 4. The molecule has 1 aromatic rings. The fraction of sp³-hybridized carbons (Fsp3) is 0.333. The third-order valence-electron chi connectivity index (χ3n) is 2.39.